The molecule has 0 radical (unpaired) electrons. The fourth-order valence-corrected chi connectivity index (χ4v) is 8.20. The number of aliphatic hydroxyl groups is 4. The fraction of sp³-hybridized carbons (Fsp3) is 0.393. The minimum absolute atomic E-state index is 0.0444. The Labute approximate surface area is 304 Å². The van der Waals surface area contributed by atoms with Crippen LogP contribution < -0.4 is 17.2 Å². The summed E-state index contributed by atoms with van der Waals surface area (Å²) in [4.78, 5) is 35.9. The molecule has 0 aliphatic carbocycles. The second-order valence-corrected chi connectivity index (χ2v) is 15.4. The zero-order valence-electron chi connectivity index (χ0n) is 27.9. The minimum Gasteiger partial charge on any atom is -0.394 e. The molecule has 54 heavy (non-hydrogen) atoms. The van der Waals surface area contributed by atoms with Crippen LogP contribution in [0.25, 0.3) is 22.3 Å². The number of nitrogen functional groups attached to an aromatic ring is 2. The Morgan fingerprint density at radius 2 is 1.43 bits per heavy atom. The second-order valence-electron chi connectivity index (χ2n) is 12.1. The number of imidazole rings is 2. The summed E-state index contributed by atoms with van der Waals surface area (Å²) < 4.78 is 59.2. The Morgan fingerprint density at radius 3 is 2.00 bits per heavy atom. The highest BCUT2D eigenvalue weighted by molar-refractivity contribution is 7.90. The van der Waals surface area contributed by atoms with Crippen molar-refractivity contribution in [2.45, 2.75) is 60.9 Å². The van der Waals surface area contributed by atoms with Gasteiger partial charge < -0.3 is 52.0 Å². The van der Waals surface area contributed by atoms with E-state index in [1.165, 1.54) is 52.4 Å². The molecule has 24 nitrogen and oxygen atoms in total. The van der Waals surface area contributed by atoms with Gasteiger partial charge in [-0.3, -0.25) is 18.2 Å². The molecule has 11 N–H and O–H groups in total. The summed E-state index contributed by atoms with van der Waals surface area (Å²) in [7, 11) is -9.35. The Bertz CT molecular complexity index is 2380. The first-order valence-corrected chi connectivity index (χ1v) is 18.8. The third kappa shape index (κ3) is 6.98. The van der Waals surface area contributed by atoms with Crippen LogP contribution in [-0.2, 0) is 28.5 Å². The average Bonchev–Trinajstić information content (AvgIpc) is 3.89. The highest BCUT2D eigenvalue weighted by Crippen LogP contribution is 2.52. The lowest BCUT2D eigenvalue weighted by molar-refractivity contribution is -0.0556. The number of rotatable bonds is 10. The molecular formula is C28H34N13O11PS. The SMILES string of the molecule is Cc1ccc(S(=O)(=O)/N=C(\N)N=P(O)(OC[C@H]2O[C@@H](n3cnc4c(N)ncnc43)[C@H](O)[C@@H]2O)O[C@H]2[C@@H](O)[C@H](n3cnc4c(N)ncnc43)O[C@@H]2CO)cc1. The third-order valence-electron chi connectivity index (χ3n) is 8.58. The summed E-state index contributed by atoms with van der Waals surface area (Å²) in [5.74, 6) is -0.912. The maximum absolute atomic E-state index is 13.0. The molecule has 0 bridgehead atoms. The van der Waals surface area contributed by atoms with Gasteiger partial charge in [-0.2, -0.15) is 13.2 Å². The van der Waals surface area contributed by atoms with E-state index in [4.69, 9.17) is 35.7 Å². The van der Waals surface area contributed by atoms with Gasteiger partial charge in [-0.05, 0) is 19.1 Å². The van der Waals surface area contributed by atoms with Gasteiger partial charge in [0.25, 0.3) is 10.0 Å². The van der Waals surface area contributed by atoms with Crippen molar-refractivity contribution in [2.75, 3.05) is 24.7 Å². The quantitative estimate of drug-likeness (QED) is 0.0433. The molecule has 6 heterocycles. The molecule has 2 fully saturated rings. The number of benzene rings is 1. The Hall–Kier alpha value is -4.79. The summed E-state index contributed by atoms with van der Waals surface area (Å²) in [5.41, 5.74) is 19.2. The Kier molecular flexibility index (Phi) is 10.0. The van der Waals surface area contributed by atoms with Gasteiger partial charge in [0.2, 0.25) is 5.96 Å². The van der Waals surface area contributed by atoms with E-state index in [9.17, 15) is 33.7 Å². The monoisotopic (exact) mass is 791 g/mol. The number of nitrogens with zero attached hydrogens (tertiary/aromatic N) is 10. The highest BCUT2D eigenvalue weighted by atomic mass is 32.2. The molecular weight excluding hydrogens is 757 g/mol. The van der Waals surface area contributed by atoms with Crippen molar-refractivity contribution in [1.82, 2.24) is 39.0 Å². The molecule has 5 aromatic rings. The molecule has 2 aliphatic heterocycles. The molecule has 2 aliphatic rings. The van der Waals surface area contributed by atoms with Crippen molar-refractivity contribution in [1.29, 1.82) is 0 Å². The topological polar surface area (TPSA) is 362 Å². The van der Waals surface area contributed by atoms with Gasteiger partial charge in [0.15, 0.2) is 35.4 Å². The summed E-state index contributed by atoms with van der Waals surface area (Å²) in [6.07, 6.45) is -7.05. The number of aryl methyl sites for hydroxylation is 1. The van der Waals surface area contributed by atoms with Gasteiger partial charge in [0.05, 0.1) is 30.8 Å². The van der Waals surface area contributed by atoms with Crippen LogP contribution in [0.15, 0.2) is 63.6 Å². The molecule has 2 saturated heterocycles. The van der Waals surface area contributed by atoms with Crippen LogP contribution in [-0.4, -0.2) is 129 Å². The van der Waals surface area contributed by atoms with Crippen LogP contribution in [0.1, 0.15) is 18.0 Å². The highest BCUT2D eigenvalue weighted by Gasteiger charge is 2.50. The number of hydrogen-bond donors (Lipinski definition) is 8. The van der Waals surface area contributed by atoms with Crippen LogP contribution >= 0.6 is 7.74 Å². The van der Waals surface area contributed by atoms with E-state index in [-0.39, 0.29) is 38.9 Å². The smallest absolute Gasteiger partial charge is 0.361 e. The Balaban J connectivity index is 1.19. The maximum atomic E-state index is 13.0. The average molecular weight is 792 g/mol. The van der Waals surface area contributed by atoms with E-state index in [0.29, 0.717) is 0 Å². The van der Waals surface area contributed by atoms with Gasteiger partial charge >= 0.3 is 7.74 Å². The summed E-state index contributed by atoms with van der Waals surface area (Å²) in [6.45, 7) is 0.225. The first-order valence-electron chi connectivity index (χ1n) is 15.9. The number of ether oxygens (including phenoxy) is 2. The summed E-state index contributed by atoms with van der Waals surface area (Å²) >= 11 is 0. The largest absolute Gasteiger partial charge is 0.394 e. The fourth-order valence-electron chi connectivity index (χ4n) is 5.88. The van der Waals surface area contributed by atoms with Crippen LogP contribution in [0.4, 0.5) is 11.6 Å². The van der Waals surface area contributed by atoms with E-state index in [2.05, 4.69) is 39.0 Å². The Morgan fingerprint density at radius 1 is 0.870 bits per heavy atom. The zero-order valence-corrected chi connectivity index (χ0v) is 29.6. The first kappa shape index (κ1) is 37.5. The molecule has 9 atom stereocenters. The first-order chi connectivity index (χ1) is 25.7. The van der Waals surface area contributed by atoms with Crippen LogP contribution in [0.5, 0.6) is 0 Å². The van der Waals surface area contributed by atoms with Crippen molar-refractivity contribution in [3.05, 3.63) is 55.1 Å². The third-order valence-corrected chi connectivity index (χ3v) is 11.3. The normalized spacial score (nSPS) is 27.5. The second kappa shape index (κ2) is 14.5. The van der Waals surface area contributed by atoms with Crippen molar-refractivity contribution in [3.63, 3.8) is 0 Å². The van der Waals surface area contributed by atoms with Gasteiger partial charge in [0.1, 0.15) is 60.3 Å². The number of fused-ring (bicyclic) bond motifs is 2. The van der Waals surface area contributed by atoms with E-state index < -0.39 is 86.0 Å². The van der Waals surface area contributed by atoms with Gasteiger partial charge in [-0.25, -0.2) is 29.9 Å². The number of guanidine groups is 1. The van der Waals surface area contributed by atoms with Crippen LogP contribution in [0.2, 0.25) is 0 Å². The molecule has 0 spiro atoms. The van der Waals surface area contributed by atoms with Crippen molar-refractivity contribution < 1.29 is 52.3 Å². The molecule has 1 unspecified atom stereocenters. The van der Waals surface area contributed by atoms with Crippen molar-refractivity contribution in [2.24, 2.45) is 14.9 Å². The molecule has 0 saturated carbocycles. The van der Waals surface area contributed by atoms with E-state index >= 15 is 0 Å². The number of hydrogen-bond acceptors (Lipinski definition) is 18. The summed E-state index contributed by atoms with van der Waals surface area (Å²) in [6, 6.07) is 5.64. The zero-order chi connectivity index (χ0) is 38.5. The minimum atomic E-state index is -4.88. The molecule has 7 rings (SSSR count). The van der Waals surface area contributed by atoms with Crippen LogP contribution in [0, 0.1) is 6.92 Å². The van der Waals surface area contributed by atoms with Crippen molar-refractivity contribution in [3.8, 4) is 0 Å². The molecule has 1 aromatic carbocycles. The predicted octanol–water partition coefficient (Wildman–Crippen LogP) is -1.95. The maximum Gasteiger partial charge on any atom is 0.361 e. The molecule has 288 valence electrons. The standard InChI is InChI=1S/C28H34N13O11PS/c1-12-2-4-13(5-3-12)54(47,48)39-28(31)38-53(46,49-7-15-18(43)19(44)26(51-15)40-10-36-16-22(29)32-8-34-24(16)40)52-21-14(6-42)50-27(20(21)45)41-11-37-17-23(30)33-9-35-25(17)41/h2-5,8-11,14-15,18-21,26-27,42-46H,6-7H2,1H3,(H2,31,39)(H2,29,32,34)(H2,30,33,35)/t14-,15-,18-,19-,20-,21-,26-,27-,53?/m1/s1. The lowest BCUT2D eigenvalue weighted by atomic mass is 10.1. The molecule has 0 amide bonds. The number of aliphatic hydroxyl groups excluding tert-OH is 4. The van der Waals surface area contributed by atoms with E-state index in [0.717, 1.165) is 11.9 Å². The molecule has 26 heteroatoms. The van der Waals surface area contributed by atoms with E-state index in [1.54, 1.807) is 6.92 Å². The van der Waals surface area contributed by atoms with Crippen LogP contribution in [0.3, 0.4) is 0 Å². The summed E-state index contributed by atoms with van der Waals surface area (Å²) in [5, 5.41) is 43.6. The molecule has 4 aromatic heterocycles. The van der Waals surface area contributed by atoms with Gasteiger partial charge in [0, 0.05) is 0 Å². The number of anilines is 2. The van der Waals surface area contributed by atoms with E-state index in [1.807, 2.05) is 0 Å². The lowest BCUT2D eigenvalue weighted by Crippen LogP contribution is -2.36. The van der Waals surface area contributed by atoms with Gasteiger partial charge in [-0.1, -0.05) is 17.7 Å². The number of aromatic nitrogens is 8. The number of nitrogens with two attached hydrogens (primary N) is 3. The lowest BCUT2D eigenvalue weighted by Gasteiger charge is -2.27. The number of sulfonamides is 1. The van der Waals surface area contributed by atoms with Crippen molar-refractivity contribution >= 4 is 57.7 Å². The van der Waals surface area contributed by atoms with Gasteiger partial charge in [-0.15, -0.1) is 4.40 Å². The predicted molar refractivity (Wildman–Crippen MR) is 185 cm³/mol.